The van der Waals surface area contributed by atoms with E-state index in [0.29, 0.717) is 18.7 Å². The van der Waals surface area contributed by atoms with E-state index in [4.69, 9.17) is 0 Å². The van der Waals surface area contributed by atoms with Crippen LogP contribution in [-0.4, -0.2) is 50.8 Å². The van der Waals surface area contributed by atoms with Crippen molar-refractivity contribution in [2.24, 2.45) is 0 Å². The Kier molecular flexibility index (Phi) is 11.3. The minimum absolute atomic E-state index is 0.0944. The standard InChI is InChI=1S/C32H41N3O4S/c1-5-6-22-33-32(37)26(4)34(23-21-27-13-9-7-10-14-27)31(36)24-35(29-19-17-28(18-20-29)25(2)3)40(38,39)30-15-11-8-12-16-30/h7-20,25-26H,5-6,21-24H2,1-4H3,(H,33,37). The number of hydrogen-bond donors (Lipinski definition) is 1. The van der Waals surface area contributed by atoms with Crippen molar-refractivity contribution in [3.63, 3.8) is 0 Å². The molecule has 1 unspecified atom stereocenters. The van der Waals surface area contributed by atoms with Gasteiger partial charge in [0.2, 0.25) is 11.8 Å². The average Bonchev–Trinajstić information content (AvgIpc) is 2.97. The second-order valence-electron chi connectivity index (χ2n) is 10.2. The fourth-order valence-corrected chi connectivity index (χ4v) is 5.82. The summed E-state index contributed by atoms with van der Waals surface area (Å²) in [6.07, 6.45) is 2.31. The molecule has 0 spiro atoms. The maximum atomic E-state index is 13.9. The van der Waals surface area contributed by atoms with Crippen LogP contribution in [0.25, 0.3) is 0 Å². The van der Waals surface area contributed by atoms with Crippen molar-refractivity contribution in [3.8, 4) is 0 Å². The summed E-state index contributed by atoms with van der Waals surface area (Å²) in [4.78, 5) is 28.5. The molecule has 0 saturated heterocycles. The van der Waals surface area contributed by atoms with Crippen molar-refractivity contribution < 1.29 is 18.0 Å². The highest BCUT2D eigenvalue weighted by molar-refractivity contribution is 7.92. The summed E-state index contributed by atoms with van der Waals surface area (Å²) in [5.74, 6) is -0.425. The second-order valence-corrected chi connectivity index (χ2v) is 12.1. The van der Waals surface area contributed by atoms with Crippen molar-refractivity contribution in [2.75, 3.05) is 23.9 Å². The zero-order valence-electron chi connectivity index (χ0n) is 23.9. The summed E-state index contributed by atoms with van der Waals surface area (Å²) in [6, 6.07) is 24.3. The number of nitrogens with zero attached hydrogens (tertiary/aromatic N) is 2. The third kappa shape index (κ3) is 8.18. The van der Waals surface area contributed by atoms with Crippen LogP contribution in [0.3, 0.4) is 0 Å². The highest BCUT2D eigenvalue weighted by atomic mass is 32.2. The van der Waals surface area contributed by atoms with Crippen LogP contribution < -0.4 is 9.62 Å². The van der Waals surface area contributed by atoms with Gasteiger partial charge >= 0.3 is 0 Å². The van der Waals surface area contributed by atoms with Crippen LogP contribution in [0.2, 0.25) is 0 Å². The Bertz CT molecular complexity index is 1330. The number of hydrogen-bond acceptors (Lipinski definition) is 4. The number of sulfonamides is 1. The molecule has 1 atom stereocenters. The van der Waals surface area contributed by atoms with Gasteiger partial charge in [0.1, 0.15) is 12.6 Å². The Morgan fingerprint density at radius 2 is 1.45 bits per heavy atom. The molecule has 3 rings (SSSR count). The van der Waals surface area contributed by atoms with Crippen molar-refractivity contribution in [3.05, 3.63) is 96.1 Å². The summed E-state index contributed by atoms with van der Waals surface area (Å²) < 4.78 is 28.8. The normalized spacial score (nSPS) is 12.1. The summed E-state index contributed by atoms with van der Waals surface area (Å²) in [7, 11) is -4.06. The van der Waals surface area contributed by atoms with Crippen molar-refractivity contribution in [1.29, 1.82) is 0 Å². The number of nitrogens with one attached hydrogen (secondary N) is 1. The van der Waals surface area contributed by atoms with Gasteiger partial charge in [0.15, 0.2) is 0 Å². The monoisotopic (exact) mass is 563 g/mol. The van der Waals surface area contributed by atoms with E-state index in [1.54, 1.807) is 37.3 Å². The Hall–Kier alpha value is -3.65. The number of unbranched alkanes of at least 4 members (excludes halogenated alkanes) is 1. The van der Waals surface area contributed by atoms with E-state index in [9.17, 15) is 18.0 Å². The summed E-state index contributed by atoms with van der Waals surface area (Å²) in [6.45, 7) is 8.23. The minimum atomic E-state index is -4.06. The third-order valence-corrected chi connectivity index (χ3v) is 8.73. The number of carbonyl (C=O) groups is 2. The highest BCUT2D eigenvalue weighted by Gasteiger charge is 2.32. The van der Waals surface area contributed by atoms with Crippen LogP contribution in [0.1, 0.15) is 57.6 Å². The number of anilines is 1. The van der Waals surface area contributed by atoms with Gasteiger partial charge in [0.05, 0.1) is 10.6 Å². The van der Waals surface area contributed by atoms with E-state index in [-0.39, 0.29) is 23.3 Å². The minimum Gasteiger partial charge on any atom is -0.354 e. The first kappa shape index (κ1) is 30.9. The van der Waals surface area contributed by atoms with Crippen molar-refractivity contribution in [2.45, 2.75) is 63.8 Å². The summed E-state index contributed by atoms with van der Waals surface area (Å²) in [5.41, 5.74) is 2.48. The molecule has 0 aromatic heterocycles. The SMILES string of the molecule is CCCCNC(=O)C(C)N(CCc1ccccc1)C(=O)CN(c1ccc(C(C)C)cc1)S(=O)(=O)c1ccccc1. The topological polar surface area (TPSA) is 86.8 Å². The fourth-order valence-electron chi connectivity index (χ4n) is 4.38. The number of amides is 2. The van der Waals surface area contributed by atoms with E-state index < -0.39 is 28.5 Å². The van der Waals surface area contributed by atoms with E-state index in [1.165, 1.54) is 17.0 Å². The van der Waals surface area contributed by atoms with Crippen molar-refractivity contribution in [1.82, 2.24) is 10.2 Å². The zero-order chi connectivity index (χ0) is 29.1. The molecular weight excluding hydrogens is 522 g/mol. The molecule has 7 nitrogen and oxygen atoms in total. The highest BCUT2D eigenvalue weighted by Crippen LogP contribution is 2.26. The zero-order valence-corrected chi connectivity index (χ0v) is 24.7. The van der Waals surface area contributed by atoms with Crippen LogP contribution >= 0.6 is 0 Å². The third-order valence-electron chi connectivity index (χ3n) is 6.94. The van der Waals surface area contributed by atoms with Crippen LogP contribution in [0.15, 0.2) is 89.8 Å². The average molecular weight is 564 g/mol. The molecule has 40 heavy (non-hydrogen) atoms. The molecule has 0 bridgehead atoms. The summed E-state index contributed by atoms with van der Waals surface area (Å²) >= 11 is 0. The molecule has 214 valence electrons. The van der Waals surface area contributed by atoms with Gasteiger partial charge in [0.25, 0.3) is 10.0 Å². The lowest BCUT2D eigenvalue weighted by atomic mass is 10.0. The van der Waals surface area contributed by atoms with Crippen molar-refractivity contribution >= 4 is 27.5 Å². The quantitative estimate of drug-likeness (QED) is 0.267. The first-order valence-electron chi connectivity index (χ1n) is 13.9. The molecule has 0 radical (unpaired) electrons. The number of rotatable bonds is 14. The van der Waals surface area contributed by atoms with Gasteiger partial charge in [-0.1, -0.05) is 87.9 Å². The van der Waals surface area contributed by atoms with Gasteiger partial charge < -0.3 is 10.2 Å². The molecule has 0 aliphatic carbocycles. The molecule has 0 aliphatic heterocycles. The smallest absolute Gasteiger partial charge is 0.264 e. The predicted molar refractivity (Wildman–Crippen MR) is 161 cm³/mol. The Morgan fingerprint density at radius 1 is 0.850 bits per heavy atom. The molecule has 0 fully saturated rings. The largest absolute Gasteiger partial charge is 0.354 e. The van der Waals surface area contributed by atoms with E-state index >= 15 is 0 Å². The number of carbonyl (C=O) groups excluding carboxylic acids is 2. The molecule has 0 saturated carbocycles. The molecule has 1 N–H and O–H groups in total. The molecule has 0 aliphatic rings. The maximum absolute atomic E-state index is 13.9. The van der Waals surface area contributed by atoms with Gasteiger partial charge in [-0.25, -0.2) is 8.42 Å². The van der Waals surface area contributed by atoms with Gasteiger partial charge in [-0.3, -0.25) is 13.9 Å². The van der Waals surface area contributed by atoms with Gasteiger partial charge in [-0.15, -0.1) is 0 Å². The fraction of sp³-hybridized carbons (Fsp3) is 0.375. The van der Waals surface area contributed by atoms with Crippen LogP contribution in [-0.2, 0) is 26.0 Å². The van der Waals surface area contributed by atoms with Crippen LogP contribution in [0.5, 0.6) is 0 Å². The lowest BCUT2D eigenvalue weighted by Crippen LogP contribution is -2.52. The Labute approximate surface area is 239 Å². The second kappa shape index (κ2) is 14.7. The van der Waals surface area contributed by atoms with Crippen LogP contribution in [0.4, 0.5) is 5.69 Å². The number of benzene rings is 3. The van der Waals surface area contributed by atoms with E-state index in [0.717, 1.165) is 28.3 Å². The lowest BCUT2D eigenvalue weighted by molar-refractivity contribution is -0.138. The van der Waals surface area contributed by atoms with Gasteiger partial charge in [0, 0.05) is 13.1 Å². The molecule has 0 heterocycles. The lowest BCUT2D eigenvalue weighted by Gasteiger charge is -2.32. The Morgan fingerprint density at radius 3 is 2.02 bits per heavy atom. The first-order valence-corrected chi connectivity index (χ1v) is 15.4. The van der Waals surface area contributed by atoms with E-state index in [1.807, 2.05) is 49.4 Å². The van der Waals surface area contributed by atoms with Gasteiger partial charge in [-0.2, -0.15) is 0 Å². The summed E-state index contributed by atoms with van der Waals surface area (Å²) in [5, 5.41) is 2.91. The van der Waals surface area contributed by atoms with E-state index in [2.05, 4.69) is 19.2 Å². The molecular formula is C32H41N3O4S. The van der Waals surface area contributed by atoms with Gasteiger partial charge in [-0.05, 0) is 61.1 Å². The molecule has 8 heteroatoms. The molecule has 3 aromatic rings. The molecule has 3 aromatic carbocycles. The van der Waals surface area contributed by atoms with Crippen LogP contribution in [0, 0.1) is 0 Å². The Balaban J connectivity index is 1.95. The maximum Gasteiger partial charge on any atom is 0.264 e. The predicted octanol–water partition coefficient (Wildman–Crippen LogP) is 5.38. The molecule has 2 amide bonds. The first-order chi connectivity index (χ1) is 19.1.